The van der Waals surface area contributed by atoms with Crippen molar-refractivity contribution in [3.05, 3.63) is 63.4 Å². The zero-order valence-corrected chi connectivity index (χ0v) is 18.8. The molecule has 2 aromatic carbocycles. The molecule has 0 atom stereocenters. The maximum Gasteiger partial charge on any atom is 0.267 e. The summed E-state index contributed by atoms with van der Waals surface area (Å²) in [7, 11) is -3.81. The van der Waals surface area contributed by atoms with E-state index in [1.165, 1.54) is 18.1 Å². The molecule has 0 aromatic heterocycles. The summed E-state index contributed by atoms with van der Waals surface area (Å²) in [5, 5.41) is 0.0227. The molecule has 1 aliphatic rings. The van der Waals surface area contributed by atoms with E-state index in [4.69, 9.17) is 16.3 Å². The number of carbonyl (C=O) groups excluding carboxylic acids is 1. The Morgan fingerprint density at radius 3 is 2.67 bits per heavy atom. The number of fused-ring (bicyclic) bond motifs is 1. The Kier molecular flexibility index (Phi) is 6.43. The average Bonchev–Trinajstić information content (AvgIpc) is 2.66. The topological polar surface area (TPSA) is 72.5 Å². The number of amides is 1. The third kappa shape index (κ3) is 5.32. The lowest BCUT2D eigenvalue weighted by Gasteiger charge is -2.31. The molecule has 0 saturated carbocycles. The third-order valence-corrected chi connectivity index (χ3v) is 6.85. The summed E-state index contributed by atoms with van der Waals surface area (Å²) in [4.78, 5) is 12.0. The van der Waals surface area contributed by atoms with E-state index in [2.05, 4.69) is 26.0 Å². The number of sulfonamides is 1. The van der Waals surface area contributed by atoms with Gasteiger partial charge in [0, 0.05) is 6.07 Å². The molecule has 162 valence electrons. The first kappa shape index (κ1) is 22.6. The highest BCUT2D eigenvalue weighted by atomic mass is 35.5. The number of hydrogen-bond acceptors (Lipinski definition) is 4. The van der Waals surface area contributed by atoms with Gasteiger partial charge < -0.3 is 4.74 Å². The second-order valence-electron chi connectivity index (χ2n) is 8.33. The average molecular weight is 454 g/mol. The molecule has 5 nitrogen and oxygen atoms in total. The van der Waals surface area contributed by atoms with Crippen molar-refractivity contribution in [1.82, 2.24) is 4.72 Å². The normalized spacial score (nSPS) is 15.4. The van der Waals surface area contributed by atoms with Crippen molar-refractivity contribution in [3.8, 4) is 5.75 Å². The molecule has 8 heteroatoms. The molecule has 0 unspecified atom stereocenters. The number of rotatable bonds is 6. The van der Waals surface area contributed by atoms with Gasteiger partial charge in [-0.05, 0) is 54.4 Å². The lowest BCUT2D eigenvalue weighted by molar-refractivity contribution is 0.0977. The van der Waals surface area contributed by atoms with Crippen LogP contribution in [0.3, 0.4) is 0 Å². The summed E-state index contributed by atoms with van der Waals surface area (Å²) >= 11 is 6.15. The first-order chi connectivity index (χ1) is 14.0. The predicted octanol–water partition coefficient (Wildman–Crippen LogP) is 4.65. The van der Waals surface area contributed by atoms with E-state index in [1.54, 1.807) is 4.72 Å². The Hall–Kier alpha value is -2.12. The van der Waals surface area contributed by atoms with E-state index >= 15 is 0 Å². The molecule has 0 spiro atoms. The lowest BCUT2D eigenvalue weighted by Crippen LogP contribution is -2.32. The largest absolute Gasteiger partial charge is 0.487 e. The van der Waals surface area contributed by atoms with Gasteiger partial charge in [0.15, 0.2) is 0 Å². The van der Waals surface area contributed by atoms with E-state index in [0.29, 0.717) is 0 Å². The second kappa shape index (κ2) is 8.55. The number of benzene rings is 2. The van der Waals surface area contributed by atoms with Crippen LogP contribution in [0, 0.1) is 11.2 Å². The molecule has 1 N–H and O–H groups in total. The lowest BCUT2D eigenvalue weighted by atomic mass is 9.74. The minimum absolute atomic E-state index is 0.0227. The van der Waals surface area contributed by atoms with Crippen molar-refractivity contribution in [3.63, 3.8) is 0 Å². The zero-order chi connectivity index (χ0) is 22.1. The van der Waals surface area contributed by atoms with E-state index in [9.17, 15) is 17.6 Å². The van der Waals surface area contributed by atoms with Crippen molar-refractivity contribution in [2.45, 2.75) is 46.6 Å². The molecule has 0 aliphatic heterocycles. The standard InChI is InChI=1S/C22H25ClFNO4S/c1-4-30(27,28)25-21(26)17-10-18(23)20(11-19(17)24)29-13-14-5-6-15-7-8-22(2,3)12-16(15)9-14/h5-6,9-11H,4,7-8,12-13H2,1-3H3,(H,25,26). The highest BCUT2D eigenvalue weighted by Crippen LogP contribution is 2.35. The minimum atomic E-state index is -3.81. The van der Waals surface area contributed by atoms with Gasteiger partial charge in [0.1, 0.15) is 18.2 Å². The summed E-state index contributed by atoms with van der Waals surface area (Å²) in [6, 6.07) is 8.27. The van der Waals surface area contributed by atoms with E-state index in [0.717, 1.165) is 37.0 Å². The van der Waals surface area contributed by atoms with Crippen LogP contribution in [-0.2, 0) is 29.5 Å². The number of nitrogens with one attached hydrogen (secondary N) is 1. The molecule has 30 heavy (non-hydrogen) atoms. The van der Waals surface area contributed by atoms with Gasteiger partial charge in [0.25, 0.3) is 5.91 Å². The number of ether oxygens (including phenoxy) is 1. The van der Waals surface area contributed by atoms with Crippen LogP contribution in [-0.4, -0.2) is 20.1 Å². The Morgan fingerprint density at radius 2 is 1.97 bits per heavy atom. The maximum atomic E-state index is 14.4. The van der Waals surface area contributed by atoms with Crippen LogP contribution in [0.25, 0.3) is 0 Å². The fourth-order valence-corrected chi connectivity index (χ4v) is 4.25. The molecule has 1 amide bonds. The summed E-state index contributed by atoms with van der Waals surface area (Å²) in [6.45, 7) is 6.08. The fraction of sp³-hybridized carbons (Fsp3) is 0.409. The maximum absolute atomic E-state index is 14.4. The second-order valence-corrected chi connectivity index (χ2v) is 10.7. The first-order valence-electron chi connectivity index (χ1n) is 9.77. The molecule has 3 rings (SSSR count). The molecule has 0 saturated heterocycles. The van der Waals surface area contributed by atoms with Gasteiger partial charge in [0.2, 0.25) is 10.0 Å². The Bertz CT molecular complexity index is 1080. The third-order valence-electron chi connectivity index (χ3n) is 5.30. The molecule has 1 aliphatic carbocycles. The van der Waals surface area contributed by atoms with Crippen LogP contribution < -0.4 is 9.46 Å². The molecule has 2 aromatic rings. The monoisotopic (exact) mass is 453 g/mol. The summed E-state index contributed by atoms with van der Waals surface area (Å²) < 4.78 is 45.0. The van der Waals surface area contributed by atoms with Gasteiger partial charge in [-0.3, -0.25) is 4.79 Å². The Balaban J connectivity index is 1.74. The summed E-state index contributed by atoms with van der Waals surface area (Å²) in [5.41, 5.74) is 3.40. The molecule has 0 fully saturated rings. The quantitative estimate of drug-likeness (QED) is 0.690. The van der Waals surface area contributed by atoms with Crippen molar-refractivity contribution < 1.29 is 22.3 Å². The van der Waals surface area contributed by atoms with Gasteiger partial charge >= 0.3 is 0 Å². The molecular weight excluding hydrogens is 429 g/mol. The van der Waals surface area contributed by atoms with Gasteiger partial charge in [0.05, 0.1) is 16.3 Å². The van der Waals surface area contributed by atoms with Crippen LogP contribution in [0.5, 0.6) is 5.75 Å². The molecular formula is C22H25ClFNO4S. The van der Waals surface area contributed by atoms with E-state index in [-0.39, 0.29) is 28.5 Å². The summed E-state index contributed by atoms with van der Waals surface area (Å²) in [6.07, 6.45) is 3.21. The highest BCUT2D eigenvalue weighted by molar-refractivity contribution is 7.90. The highest BCUT2D eigenvalue weighted by Gasteiger charge is 2.25. The Labute approximate surface area is 181 Å². The van der Waals surface area contributed by atoms with Crippen LogP contribution >= 0.6 is 11.6 Å². The smallest absolute Gasteiger partial charge is 0.267 e. The SMILES string of the molecule is CCS(=O)(=O)NC(=O)c1cc(Cl)c(OCc2ccc3c(c2)CC(C)(C)CC3)cc1F. The Morgan fingerprint density at radius 1 is 1.23 bits per heavy atom. The van der Waals surface area contributed by atoms with Crippen molar-refractivity contribution in [2.24, 2.45) is 5.41 Å². The molecule has 0 radical (unpaired) electrons. The minimum Gasteiger partial charge on any atom is -0.487 e. The van der Waals surface area contributed by atoms with Crippen LogP contribution in [0.4, 0.5) is 4.39 Å². The van der Waals surface area contributed by atoms with Gasteiger partial charge in [-0.1, -0.05) is 43.6 Å². The van der Waals surface area contributed by atoms with Crippen LogP contribution in [0.2, 0.25) is 5.02 Å². The first-order valence-corrected chi connectivity index (χ1v) is 11.8. The number of aryl methyl sites for hydroxylation is 1. The van der Waals surface area contributed by atoms with Gasteiger partial charge in [-0.25, -0.2) is 17.5 Å². The fourth-order valence-electron chi connectivity index (χ4n) is 3.50. The van der Waals surface area contributed by atoms with E-state index in [1.807, 2.05) is 6.07 Å². The van der Waals surface area contributed by atoms with Gasteiger partial charge in [-0.15, -0.1) is 0 Å². The molecule has 0 heterocycles. The summed E-state index contributed by atoms with van der Waals surface area (Å²) in [5.74, 6) is -2.19. The molecule has 0 bridgehead atoms. The number of halogens is 2. The van der Waals surface area contributed by atoms with Crippen molar-refractivity contribution in [1.29, 1.82) is 0 Å². The van der Waals surface area contributed by atoms with Crippen molar-refractivity contribution >= 4 is 27.5 Å². The van der Waals surface area contributed by atoms with Crippen LogP contribution in [0.15, 0.2) is 30.3 Å². The number of hydrogen-bond donors (Lipinski definition) is 1. The van der Waals surface area contributed by atoms with Gasteiger partial charge in [-0.2, -0.15) is 0 Å². The van der Waals surface area contributed by atoms with Crippen molar-refractivity contribution in [2.75, 3.05) is 5.75 Å². The van der Waals surface area contributed by atoms with E-state index < -0.39 is 27.3 Å². The predicted molar refractivity (Wildman–Crippen MR) is 115 cm³/mol. The van der Waals surface area contributed by atoms with Crippen LogP contribution in [0.1, 0.15) is 54.2 Å². The zero-order valence-electron chi connectivity index (χ0n) is 17.2. The number of carbonyl (C=O) groups is 1.